The summed E-state index contributed by atoms with van der Waals surface area (Å²) in [7, 11) is 1.72. The Balaban J connectivity index is 1.76. The topological polar surface area (TPSA) is 76.2 Å². The molecular weight excluding hydrogens is 469 g/mol. The van der Waals surface area contributed by atoms with E-state index in [1.54, 1.807) is 45.9 Å². The Labute approximate surface area is 212 Å². The maximum Gasteiger partial charge on any atom is 0.334 e. The van der Waals surface area contributed by atoms with Gasteiger partial charge in [-0.25, -0.2) is 19.2 Å². The molecule has 0 unspecified atom stereocenters. The van der Waals surface area contributed by atoms with Crippen LogP contribution in [0.1, 0.15) is 51.0 Å². The first kappa shape index (κ1) is 27.3. The molecule has 0 bridgehead atoms. The lowest BCUT2D eigenvalue weighted by Crippen LogP contribution is -2.76. The van der Waals surface area contributed by atoms with Gasteiger partial charge in [-0.2, -0.15) is 11.8 Å². The molecule has 1 aromatic rings. The molecule has 0 aromatic heterocycles. The van der Waals surface area contributed by atoms with E-state index in [2.05, 4.69) is 12.2 Å². The summed E-state index contributed by atoms with van der Waals surface area (Å²) in [6.45, 7) is 3.36. The molecule has 2 atom stereocenters. The standard InChI is InChI=1S/C25H38FN5O3S/c1-4-5-6-7-8-14-29-17-22-30(21(24(29)33)13-15-35-3)23(32)18-28(2)31(22)25(34)27-16-19-9-11-20(26)12-10-19/h9-12,21-22H,4-8,13-18H2,1-3H3,(H,27,34)/t21-,22-/m0/s1. The predicted octanol–water partition coefficient (Wildman–Crippen LogP) is 3.29. The maximum absolute atomic E-state index is 13.4. The average Bonchev–Trinajstić information content (AvgIpc) is 2.83. The first-order valence-electron chi connectivity index (χ1n) is 12.5. The molecule has 2 fully saturated rings. The van der Waals surface area contributed by atoms with Crippen LogP contribution in [0.2, 0.25) is 0 Å². The van der Waals surface area contributed by atoms with Gasteiger partial charge in [0.1, 0.15) is 18.0 Å². The van der Waals surface area contributed by atoms with Crippen LogP contribution in [0.25, 0.3) is 0 Å². The van der Waals surface area contributed by atoms with E-state index in [9.17, 15) is 18.8 Å². The zero-order chi connectivity index (χ0) is 25.4. The molecule has 0 aliphatic carbocycles. The highest BCUT2D eigenvalue weighted by Gasteiger charge is 2.50. The Morgan fingerprint density at radius 3 is 2.54 bits per heavy atom. The quantitative estimate of drug-likeness (QED) is 0.465. The van der Waals surface area contributed by atoms with Gasteiger partial charge in [0.05, 0.1) is 13.1 Å². The zero-order valence-corrected chi connectivity index (χ0v) is 21.9. The lowest BCUT2D eigenvalue weighted by atomic mass is 10.0. The van der Waals surface area contributed by atoms with Crippen LogP contribution < -0.4 is 5.32 Å². The minimum absolute atomic E-state index is 0.0182. The molecule has 3 rings (SSSR count). The zero-order valence-electron chi connectivity index (χ0n) is 21.0. The van der Waals surface area contributed by atoms with Crippen LogP contribution >= 0.6 is 11.8 Å². The van der Waals surface area contributed by atoms with Gasteiger partial charge in [-0.1, -0.05) is 44.7 Å². The van der Waals surface area contributed by atoms with Crippen molar-refractivity contribution in [3.8, 4) is 0 Å². The van der Waals surface area contributed by atoms with Gasteiger partial charge < -0.3 is 15.1 Å². The number of fused-ring (bicyclic) bond motifs is 1. The summed E-state index contributed by atoms with van der Waals surface area (Å²) < 4.78 is 13.2. The van der Waals surface area contributed by atoms with Crippen LogP contribution in [0, 0.1) is 5.82 Å². The molecule has 10 heteroatoms. The second kappa shape index (κ2) is 13.1. The largest absolute Gasteiger partial charge is 0.337 e. The Morgan fingerprint density at radius 1 is 1.14 bits per heavy atom. The van der Waals surface area contributed by atoms with Crippen molar-refractivity contribution in [2.75, 3.05) is 38.7 Å². The Bertz CT molecular complexity index is 871. The minimum atomic E-state index is -0.564. The fraction of sp³-hybridized carbons (Fsp3) is 0.640. The SMILES string of the molecule is CCCCCCCN1C[C@H]2N(C(=O)CN(C)N2C(=O)NCc2ccc(F)cc2)[C@@H](CCSC)C1=O. The molecule has 8 nitrogen and oxygen atoms in total. The molecular formula is C25H38FN5O3S. The van der Waals surface area contributed by atoms with Crippen LogP contribution in [0.4, 0.5) is 9.18 Å². The van der Waals surface area contributed by atoms with E-state index < -0.39 is 12.2 Å². The van der Waals surface area contributed by atoms with E-state index in [1.165, 1.54) is 18.6 Å². The van der Waals surface area contributed by atoms with Crippen molar-refractivity contribution in [1.82, 2.24) is 25.1 Å². The molecule has 4 amide bonds. The van der Waals surface area contributed by atoms with Gasteiger partial charge in [0.2, 0.25) is 11.8 Å². The number of nitrogens with one attached hydrogen (secondary N) is 1. The maximum atomic E-state index is 13.4. The molecule has 0 radical (unpaired) electrons. The predicted molar refractivity (Wildman–Crippen MR) is 136 cm³/mol. The summed E-state index contributed by atoms with van der Waals surface area (Å²) in [5.74, 6) is 0.268. The number of benzene rings is 1. The van der Waals surface area contributed by atoms with Crippen molar-refractivity contribution in [2.24, 2.45) is 0 Å². The van der Waals surface area contributed by atoms with E-state index in [-0.39, 0.29) is 36.8 Å². The molecule has 1 N–H and O–H groups in total. The Morgan fingerprint density at radius 2 is 1.86 bits per heavy atom. The number of thioether (sulfide) groups is 1. The molecule has 2 aliphatic rings. The second-order valence-electron chi connectivity index (χ2n) is 9.22. The Kier molecular flexibility index (Phi) is 10.2. The number of rotatable bonds is 11. The summed E-state index contributed by atoms with van der Waals surface area (Å²) in [6, 6.07) is 5.06. The lowest BCUT2D eigenvalue weighted by Gasteiger charge is -2.54. The number of nitrogens with zero attached hydrogens (tertiary/aromatic N) is 4. The second-order valence-corrected chi connectivity index (χ2v) is 10.2. The first-order valence-corrected chi connectivity index (χ1v) is 13.9. The number of hydrogen-bond donors (Lipinski definition) is 1. The smallest absolute Gasteiger partial charge is 0.334 e. The third kappa shape index (κ3) is 6.88. The molecule has 35 heavy (non-hydrogen) atoms. The van der Waals surface area contributed by atoms with Crippen molar-refractivity contribution < 1.29 is 18.8 Å². The monoisotopic (exact) mass is 507 g/mol. The highest BCUT2D eigenvalue weighted by molar-refractivity contribution is 7.98. The normalized spacial score (nSPS) is 20.9. The number of carbonyl (C=O) groups is 3. The molecule has 1 aromatic carbocycles. The number of piperazine rings is 1. The number of hydrazine groups is 1. The highest BCUT2D eigenvalue weighted by Crippen LogP contribution is 2.28. The number of amides is 4. The van der Waals surface area contributed by atoms with Crippen molar-refractivity contribution in [3.63, 3.8) is 0 Å². The van der Waals surface area contributed by atoms with E-state index in [0.717, 1.165) is 37.0 Å². The minimum Gasteiger partial charge on any atom is -0.337 e. The molecule has 2 heterocycles. The summed E-state index contributed by atoms with van der Waals surface area (Å²) >= 11 is 1.64. The number of hydrogen-bond acceptors (Lipinski definition) is 5. The average molecular weight is 508 g/mol. The van der Waals surface area contributed by atoms with Crippen LogP contribution in [-0.4, -0.2) is 88.6 Å². The van der Waals surface area contributed by atoms with Crippen molar-refractivity contribution >= 4 is 29.6 Å². The number of unbranched alkanes of at least 4 members (excludes halogenated alkanes) is 4. The van der Waals surface area contributed by atoms with Crippen molar-refractivity contribution in [1.29, 1.82) is 0 Å². The molecule has 194 valence electrons. The molecule has 0 saturated carbocycles. The fourth-order valence-electron chi connectivity index (χ4n) is 4.78. The van der Waals surface area contributed by atoms with E-state index in [1.807, 2.05) is 11.2 Å². The van der Waals surface area contributed by atoms with E-state index in [0.29, 0.717) is 19.5 Å². The van der Waals surface area contributed by atoms with Crippen molar-refractivity contribution in [3.05, 3.63) is 35.6 Å². The van der Waals surface area contributed by atoms with E-state index >= 15 is 0 Å². The molecule has 2 saturated heterocycles. The van der Waals surface area contributed by atoms with Crippen LogP contribution in [0.3, 0.4) is 0 Å². The fourth-order valence-corrected chi connectivity index (χ4v) is 5.24. The van der Waals surface area contributed by atoms with Crippen LogP contribution in [-0.2, 0) is 16.1 Å². The van der Waals surface area contributed by atoms with Gasteiger partial charge in [0, 0.05) is 20.1 Å². The number of carbonyl (C=O) groups excluding carboxylic acids is 3. The first-order chi connectivity index (χ1) is 16.9. The van der Waals surface area contributed by atoms with Gasteiger partial charge in [-0.05, 0) is 42.5 Å². The number of halogens is 1. The Hall–Kier alpha value is -2.33. The van der Waals surface area contributed by atoms with E-state index in [4.69, 9.17) is 0 Å². The summed E-state index contributed by atoms with van der Waals surface area (Å²) in [6.07, 6.45) is 7.43. The number of likely N-dealkylation sites (N-methyl/N-ethyl adjacent to an activating group) is 1. The van der Waals surface area contributed by atoms with Gasteiger partial charge in [0.15, 0.2) is 0 Å². The van der Waals surface area contributed by atoms with Crippen LogP contribution in [0.15, 0.2) is 24.3 Å². The molecule has 2 aliphatic heterocycles. The third-order valence-corrected chi connectivity index (χ3v) is 7.28. The van der Waals surface area contributed by atoms with Gasteiger partial charge in [-0.15, -0.1) is 0 Å². The summed E-state index contributed by atoms with van der Waals surface area (Å²) in [5, 5.41) is 6.09. The third-order valence-electron chi connectivity index (χ3n) is 6.63. The highest BCUT2D eigenvalue weighted by atomic mass is 32.2. The number of urea groups is 1. The molecule has 0 spiro atoms. The van der Waals surface area contributed by atoms with Gasteiger partial charge in [-0.3, -0.25) is 9.59 Å². The lowest BCUT2D eigenvalue weighted by molar-refractivity contribution is -0.187. The van der Waals surface area contributed by atoms with Crippen LogP contribution in [0.5, 0.6) is 0 Å². The summed E-state index contributed by atoms with van der Waals surface area (Å²) in [4.78, 5) is 43.3. The van der Waals surface area contributed by atoms with Crippen molar-refractivity contribution in [2.45, 2.75) is 64.2 Å². The summed E-state index contributed by atoms with van der Waals surface area (Å²) in [5.41, 5.74) is 0.776. The van der Waals surface area contributed by atoms with Gasteiger partial charge >= 0.3 is 6.03 Å². The van der Waals surface area contributed by atoms with Gasteiger partial charge in [0.25, 0.3) is 0 Å².